The van der Waals surface area contributed by atoms with Crippen LogP contribution in [0.2, 0.25) is 0 Å². The van der Waals surface area contributed by atoms with E-state index in [-0.39, 0.29) is 11.2 Å². The van der Waals surface area contributed by atoms with E-state index in [1.54, 1.807) is 24.4 Å². The molecule has 1 aromatic carbocycles. The van der Waals surface area contributed by atoms with E-state index in [1.807, 2.05) is 6.92 Å². The molecule has 0 saturated carbocycles. The number of nitrogen functional groups attached to an aromatic ring is 1. The van der Waals surface area contributed by atoms with E-state index < -0.39 is 5.82 Å². The van der Waals surface area contributed by atoms with Crippen molar-refractivity contribution in [3.05, 3.63) is 58.3 Å². The summed E-state index contributed by atoms with van der Waals surface area (Å²) in [5, 5.41) is 0. The fourth-order valence-electron chi connectivity index (χ4n) is 1.68. The van der Waals surface area contributed by atoms with Crippen LogP contribution in [0.4, 0.5) is 10.1 Å². The summed E-state index contributed by atoms with van der Waals surface area (Å²) in [5.41, 5.74) is 6.53. The Kier molecular flexibility index (Phi) is 2.95. The first-order valence-electron chi connectivity index (χ1n) is 5.39. The molecule has 0 radical (unpaired) electrons. The zero-order valence-electron chi connectivity index (χ0n) is 9.48. The average molecular weight is 232 g/mol. The van der Waals surface area contributed by atoms with E-state index in [2.05, 4.69) is 0 Å². The molecule has 0 aliphatic carbocycles. The van der Waals surface area contributed by atoms with Gasteiger partial charge in [0.2, 0.25) is 0 Å². The van der Waals surface area contributed by atoms with Gasteiger partial charge in [-0.15, -0.1) is 0 Å². The highest BCUT2D eigenvalue weighted by Crippen LogP contribution is 2.14. The number of hydrogen-bond acceptors (Lipinski definition) is 2. The van der Waals surface area contributed by atoms with Crippen molar-refractivity contribution in [1.82, 2.24) is 4.57 Å². The number of nitrogens with two attached hydrogens (primary N) is 1. The number of anilines is 1. The first-order valence-corrected chi connectivity index (χ1v) is 5.39. The lowest BCUT2D eigenvalue weighted by molar-refractivity contribution is 0.631. The summed E-state index contributed by atoms with van der Waals surface area (Å²) in [6, 6.07) is 7.88. The maximum Gasteiger partial charge on any atom is 0.258 e. The summed E-state index contributed by atoms with van der Waals surface area (Å²) in [5.74, 6) is -0.517. The molecular formula is C13H13FN2O. The number of halogens is 1. The van der Waals surface area contributed by atoms with Crippen molar-refractivity contribution in [3.63, 3.8) is 0 Å². The van der Waals surface area contributed by atoms with Crippen LogP contribution in [-0.4, -0.2) is 4.57 Å². The SMILES string of the molecule is CCc1cccn(-c2ccc(N)c(F)c2)c1=O. The van der Waals surface area contributed by atoms with Gasteiger partial charge in [-0.3, -0.25) is 9.36 Å². The van der Waals surface area contributed by atoms with Gasteiger partial charge in [-0.25, -0.2) is 4.39 Å². The lowest BCUT2D eigenvalue weighted by Gasteiger charge is -2.08. The van der Waals surface area contributed by atoms with Gasteiger partial charge in [0.25, 0.3) is 5.56 Å². The highest BCUT2D eigenvalue weighted by atomic mass is 19.1. The standard InChI is InChI=1S/C13H13FN2O/c1-2-9-4-3-7-16(13(9)17)10-5-6-12(15)11(14)8-10/h3-8H,2,15H2,1H3. The molecule has 0 atom stereocenters. The molecule has 3 nitrogen and oxygen atoms in total. The topological polar surface area (TPSA) is 48.0 Å². The maximum absolute atomic E-state index is 13.3. The molecule has 1 heterocycles. The lowest BCUT2D eigenvalue weighted by atomic mass is 10.2. The van der Waals surface area contributed by atoms with Gasteiger partial charge in [-0.1, -0.05) is 13.0 Å². The highest BCUT2D eigenvalue weighted by molar-refractivity contribution is 5.46. The third-order valence-corrected chi connectivity index (χ3v) is 2.67. The first kappa shape index (κ1) is 11.4. The molecule has 0 spiro atoms. The Morgan fingerprint density at radius 1 is 1.35 bits per heavy atom. The number of aryl methyl sites for hydroxylation is 1. The quantitative estimate of drug-likeness (QED) is 0.806. The maximum atomic E-state index is 13.3. The van der Waals surface area contributed by atoms with E-state index in [1.165, 1.54) is 16.7 Å². The normalized spacial score (nSPS) is 10.5. The number of benzene rings is 1. The lowest BCUT2D eigenvalue weighted by Crippen LogP contribution is -2.21. The van der Waals surface area contributed by atoms with Gasteiger partial charge in [0.1, 0.15) is 5.82 Å². The monoisotopic (exact) mass is 232 g/mol. The van der Waals surface area contributed by atoms with Crippen LogP contribution in [0.1, 0.15) is 12.5 Å². The Morgan fingerprint density at radius 2 is 2.12 bits per heavy atom. The Morgan fingerprint density at radius 3 is 2.76 bits per heavy atom. The van der Waals surface area contributed by atoms with Gasteiger partial charge < -0.3 is 5.73 Å². The molecular weight excluding hydrogens is 219 g/mol. The van der Waals surface area contributed by atoms with E-state index in [0.29, 0.717) is 17.7 Å². The minimum absolute atomic E-state index is 0.0773. The summed E-state index contributed by atoms with van der Waals surface area (Å²) in [7, 11) is 0. The third-order valence-electron chi connectivity index (χ3n) is 2.67. The summed E-state index contributed by atoms with van der Waals surface area (Å²) in [4.78, 5) is 12.0. The second kappa shape index (κ2) is 4.41. The fourth-order valence-corrected chi connectivity index (χ4v) is 1.68. The highest BCUT2D eigenvalue weighted by Gasteiger charge is 2.05. The van der Waals surface area contributed by atoms with Gasteiger partial charge in [-0.2, -0.15) is 0 Å². The second-order valence-electron chi connectivity index (χ2n) is 3.77. The summed E-state index contributed by atoms with van der Waals surface area (Å²) in [6.07, 6.45) is 2.27. The minimum atomic E-state index is -0.517. The minimum Gasteiger partial charge on any atom is -0.396 e. The largest absolute Gasteiger partial charge is 0.396 e. The molecule has 0 aliphatic rings. The molecule has 0 fully saturated rings. The average Bonchev–Trinajstić information content (AvgIpc) is 2.33. The number of aromatic nitrogens is 1. The van der Waals surface area contributed by atoms with Crippen LogP contribution in [0.3, 0.4) is 0 Å². The molecule has 2 N–H and O–H groups in total. The van der Waals surface area contributed by atoms with Crippen LogP contribution >= 0.6 is 0 Å². The van der Waals surface area contributed by atoms with Crippen LogP contribution in [-0.2, 0) is 6.42 Å². The van der Waals surface area contributed by atoms with E-state index >= 15 is 0 Å². The van der Waals surface area contributed by atoms with Gasteiger partial charge in [0.15, 0.2) is 0 Å². The summed E-state index contributed by atoms with van der Waals surface area (Å²) in [6.45, 7) is 1.91. The van der Waals surface area contributed by atoms with E-state index in [0.717, 1.165) is 0 Å². The van der Waals surface area contributed by atoms with Crippen molar-refractivity contribution < 1.29 is 4.39 Å². The molecule has 2 rings (SSSR count). The molecule has 0 bridgehead atoms. The van der Waals surface area contributed by atoms with Crippen LogP contribution in [0.25, 0.3) is 5.69 Å². The molecule has 0 aliphatic heterocycles. The number of rotatable bonds is 2. The Bertz CT molecular complexity index is 605. The second-order valence-corrected chi connectivity index (χ2v) is 3.77. The fraction of sp³-hybridized carbons (Fsp3) is 0.154. The third kappa shape index (κ3) is 2.06. The van der Waals surface area contributed by atoms with E-state index in [9.17, 15) is 9.18 Å². The summed E-state index contributed by atoms with van der Waals surface area (Å²) >= 11 is 0. The zero-order chi connectivity index (χ0) is 12.4. The van der Waals surface area contributed by atoms with Gasteiger partial charge in [-0.05, 0) is 24.6 Å². The molecule has 4 heteroatoms. The van der Waals surface area contributed by atoms with Crippen molar-refractivity contribution >= 4 is 5.69 Å². The Labute approximate surface area is 98.3 Å². The molecule has 88 valence electrons. The number of hydrogen-bond donors (Lipinski definition) is 1. The molecule has 17 heavy (non-hydrogen) atoms. The van der Waals surface area contributed by atoms with Crippen molar-refractivity contribution in [1.29, 1.82) is 0 Å². The van der Waals surface area contributed by atoms with Gasteiger partial charge >= 0.3 is 0 Å². The Hall–Kier alpha value is -2.10. The predicted octanol–water partition coefficient (Wildman–Crippen LogP) is 2.12. The van der Waals surface area contributed by atoms with Crippen LogP contribution < -0.4 is 11.3 Å². The molecule has 1 aromatic heterocycles. The van der Waals surface area contributed by atoms with Crippen molar-refractivity contribution in [2.24, 2.45) is 0 Å². The molecule has 0 unspecified atom stereocenters. The Balaban J connectivity index is 2.61. The van der Waals surface area contributed by atoms with Gasteiger partial charge in [0.05, 0.1) is 11.4 Å². The van der Waals surface area contributed by atoms with Crippen molar-refractivity contribution in [3.8, 4) is 5.69 Å². The number of nitrogens with zero attached hydrogens (tertiary/aromatic N) is 1. The predicted molar refractivity (Wildman–Crippen MR) is 65.8 cm³/mol. The molecule has 0 saturated heterocycles. The van der Waals surface area contributed by atoms with Crippen molar-refractivity contribution in [2.45, 2.75) is 13.3 Å². The van der Waals surface area contributed by atoms with Crippen LogP contribution in [0.15, 0.2) is 41.3 Å². The van der Waals surface area contributed by atoms with E-state index in [4.69, 9.17) is 5.73 Å². The molecule has 2 aromatic rings. The number of pyridine rings is 1. The van der Waals surface area contributed by atoms with Crippen molar-refractivity contribution in [2.75, 3.05) is 5.73 Å². The first-order chi connectivity index (χ1) is 8.13. The smallest absolute Gasteiger partial charge is 0.258 e. The van der Waals surface area contributed by atoms with Gasteiger partial charge in [0, 0.05) is 17.8 Å². The summed E-state index contributed by atoms with van der Waals surface area (Å²) < 4.78 is 14.8. The van der Waals surface area contributed by atoms with Crippen LogP contribution in [0, 0.1) is 5.82 Å². The zero-order valence-corrected chi connectivity index (χ0v) is 9.48. The molecule has 0 amide bonds. The van der Waals surface area contributed by atoms with Crippen LogP contribution in [0.5, 0.6) is 0 Å².